The smallest absolute Gasteiger partial charge is 0.0765 e. The van der Waals surface area contributed by atoms with Gasteiger partial charge in [-0.2, -0.15) is 0 Å². The third kappa shape index (κ3) is 2.67. The number of nitrogens with zero attached hydrogens (tertiary/aromatic N) is 1. The van der Waals surface area contributed by atoms with E-state index in [0.29, 0.717) is 11.3 Å². The van der Waals surface area contributed by atoms with Gasteiger partial charge >= 0.3 is 0 Å². The van der Waals surface area contributed by atoms with Crippen LogP contribution < -0.4 is 0 Å². The second-order valence-electron chi connectivity index (χ2n) is 2.76. The predicted octanol–water partition coefficient (Wildman–Crippen LogP) is 2.82. The van der Waals surface area contributed by atoms with E-state index >= 15 is 0 Å². The Morgan fingerprint density at radius 3 is 2.53 bits per heavy atom. The maximum atomic E-state index is 12.8. The molecule has 0 saturated heterocycles. The van der Waals surface area contributed by atoms with Crippen molar-refractivity contribution in [1.29, 1.82) is 0 Å². The van der Waals surface area contributed by atoms with Crippen molar-refractivity contribution in [3.63, 3.8) is 0 Å². The molecule has 0 bridgehead atoms. The number of hydrogen-bond donors (Lipinski definition) is 0. The van der Waals surface area contributed by atoms with Crippen molar-refractivity contribution in [2.24, 2.45) is 0 Å². The van der Waals surface area contributed by atoms with E-state index in [1.54, 1.807) is 24.4 Å². The molecule has 1 heterocycles. The van der Waals surface area contributed by atoms with E-state index in [2.05, 4.69) is 11.1 Å². The molecule has 0 aliphatic carbocycles. The first kappa shape index (κ1) is 12.0. The van der Waals surface area contributed by atoms with Gasteiger partial charge in [0.1, 0.15) is 0 Å². The maximum Gasteiger partial charge on any atom is 0.0765 e. The van der Waals surface area contributed by atoms with Crippen molar-refractivity contribution in [2.75, 3.05) is 0 Å². The Bertz CT molecular complexity index is 446. The summed E-state index contributed by atoms with van der Waals surface area (Å²) < 4.78 is 25.4. The molecule has 0 aliphatic heterocycles. The molecule has 0 N–H and O–H groups in total. The van der Waals surface area contributed by atoms with Crippen LogP contribution >= 0.6 is 0 Å². The van der Waals surface area contributed by atoms with Crippen LogP contribution in [0.4, 0.5) is 8.78 Å². The molecule has 1 nitrogen and oxygen atoms in total. The van der Waals surface area contributed by atoms with Gasteiger partial charge in [-0.15, -0.1) is 23.8 Å². The number of rotatable bonds is 1. The Morgan fingerprint density at radius 1 is 1.13 bits per heavy atom. The van der Waals surface area contributed by atoms with Gasteiger partial charge in [0, 0.05) is 26.3 Å². The van der Waals surface area contributed by atoms with Gasteiger partial charge in [-0.25, -0.2) is 4.39 Å². The number of pyridine rings is 1. The summed E-state index contributed by atoms with van der Waals surface area (Å²) in [5, 5.41) is 0. The maximum absolute atomic E-state index is 12.8. The van der Waals surface area contributed by atoms with Crippen molar-refractivity contribution in [1.82, 2.24) is 4.98 Å². The van der Waals surface area contributed by atoms with E-state index in [1.807, 2.05) is 0 Å². The Kier molecular flexibility index (Phi) is 4.06. The molecule has 4 heteroatoms. The molecule has 0 unspecified atom stereocenters. The van der Waals surface area contributed by atoms with Crippen LogP contribution in [0.2, 0.25) is 0 Å². The molecule has 2 rings (SSSR count). The fraction of sp³-hybridized carbons (Fsp3) is 0. The third-order valence-electron chi connectivity index (χ3n) is 1.79. The van der Waals surface area contributed by atoms with Gasteiger partial charge in [-0.05, 0) is 11.8 Å². The van der Waals surface area contributed by atoms with E-state index in [0.717, 1.165) is 12.1 Å². The molecular formula is C11H6F2IrN-. The molecule has 2 aromatic rings. The molecule has 1 aromatic heterocycles. The van der Waals surface area contributed by atoms with Crippen LogP contribution in [0.5, 0.6) is 0 Å². The van der Waals surface area contributed by atoms with Crippen LogP contribution in [0, 0.1) is 17.7 Å². The van der Waals surface area contributed by atoms with Crippen molar-refractivity contribution in [3.05, 3.63) is 54.2 Å². The first-order chi connectivity index (χ1) is 6.77. The fourth-order valence-electron chi connectivity index (χ4n) is 1.12. The summed E-state index contributed by atoms with van der Waals surface area (Å²) in [6, 6.07) is 9.91. The Labute approximate surface area is 99.5 Å². The number of aromatic nitrogens is 1. The van der Waals surface area contributed by atoms with Crippen molar-refractivity contribution in [3.8, 4) is 11.3 Å². The van der Waals surface area contributed by atoms with Crippen LogP contribution in [-0.4, -0.2) is 4.98 Å². The minimum Gasteiger partial charge on any atom is -0.305 e. The van der Waals surface area contributed by atoms with Crippen molar-refractivity contribution in [2.45, 2.75) is 0 Å². The first-order valence-electron chi connectivity index (χ1n) is 4.05. The van der Waals surface area contributed by atoms with Crippen molar-refractivity contribution < 1.29 is 28.9 Å². The summed E-state index contributed by atoms with van der Waals surface area (Å²) in [6.45, 7) is 0. The Hall–Kier alpha value is -1.12. The summed E-state index contributed by atoms with van der Waals surface area (Å²) in [5.74, 6) is -1.78. The molecule has 0 spiro atoms. The van der Waals surface area contributed by atoms with Crippen molar-refractivity contribution >= 4 is 0 Å². The van der Waals surface area contributed by atoms with Crippen LogP contribution in [0.15, 0.2) is 36.5 Å². The van der Waals surface area contributed by atoms with Gasteiger partial charge in [0.05, 0.1) is 11.6 Å². The summed E-state index contributed by atoms with van der Waals surface area (Å²) >= 11 is 0. The summed E-state index contributed by atoms with van der Waals surface area (Å²) in [5.41, 5.74) is 1.02. The van der Waals surface area contributed by atoms with E-state index in [9.17, 15) is 8.78 Å². The van der Waals surface area contributed by atoms with Crippen LogP contribution in [0.25, 0.3) is 11.3 Å². The zero-order valence-electron chi connectivity index (χ0n) is 7.50. The zero-order valence-corrected chi connectivity index (χ0v) is 9.90. The number of hydrogen-bond acceptors (Lipinski definition) is 1. The van der Waals surface area contributed by atoms with Gasteiger partial charge < -0.3 is 4.98 Å². The average Bonchev–Trinajstić information content (AvgIpc) is 2.23. The SMILES string of the molecule is Fc1c[c-]c(-c2ccccn2)cc1F.[Ir]. The normalized spacial score (nSPS) is 9.47. The topological polar surface area (TPSA) is 12.9 Å². The molecule has 0 fully saturated rings. The quantitative estimate of drug-likeness (QED) is 0.692. The Morgan fingerprint density at radius 2 is 1.93 bits per heavy atom. The molecule has 15 heavy (non-hydrogen) atoms. The van der Waals surface area contributed by atoms with Gasteiger partial charge in [0.15, 0.2) is 0 Å². The molecule has 0 amide bonds. The fourth-order valence-corrected chi connectivity index (χ4v) is 1.12. The molecular weight excluding hydrogens is 376 g/mol. The van der Waals surface area contributed by atoms with E-state index in [1.165, 1.54) is 0 Å². The van der Waals surface area contributed by atoms with Gasteiger partial charge in [0.2, 0.25) is 0 Å². The molecule has 0 aliphatic rings. The minimum atomic E-state index is -0.898. The summed E-state index contributed by atoms with van der Waals surface area (Å²) in [7, 11) is 0. The zero-order chi connectivity index (χ0) is 9.97. The second kappa shape index (κ2) is 5.10. The van der Waals surface area contributed by atoms with E-state index < -0.39 is 11.6 Å². The van der Waals surface area contributed by atoms with Crippen LogP contribution in [0.3, 0.4) is 0 Å². The second-order valence-corrected chi connectivity index (χ2v) is 2.76. The molecule has 0 atom stereocenters. The van der Waals surface area contributed by atoms with E-state index in [4.69, 9.17) is 0 Å². The van der Waals surface area contributed by atoms with E-state index in [-0.39, 0.29) is 20.1 Å². The van der Waals surface area contributed by atoms with Crippen LogP contribution in [-0.2, 0) is 20.1 Å². The monoisotopic (exact) mass is 383 g/mol. The predicted molar refractivity (Wildman–Crippen MR) is 48.4 cm³/mol. The largest absolute Gasteiger partial charge is 0.305 e. The van der Waals surface area contributed by atoms with Gasteiger partial charge in [0.25, 0.3) is 0 Å². The number of halogens is 2. The minimum absolute atomic E-state index is 0. The molecule has 79 valence electrons. The average molecular weight is 382 g/mol. The van der Waals surface area contributed by atoms with Gasteiger partial charge in [-0.1, -0.05) is 12.1 Å². The Balaban J connectivity index is 0.00000112. The van der Waals surface area contributed by atoms with Gasteiger partial charge in [-0.3, -0.25) is 4.39 Å². The first-order valence-corrected chi connectivity index (χ1v) is 4.05. The molecule has 1 radical (unpaired) electrons. The standard InChI is InChI=1S/C11H6F2N.Ir/c12-9-5-4-8(7-10(9)13)11-3-1-2-6-14-11;/h1-3,5-7H;/q-1;. The van der Waals surface area contributed by atoms with Crippen LogP contribution in [0.1, 0.15) is 0 Å². The molecule has 1 aromatic carbocycles. The third-order valence-corrected chi connectivity index (χ3v) is 1.79. The summed E-state index contributed by atoms with van der Waals surface area (Å²) in [6.07, 6.45) is 1.59. The molecule has 0 saturated carbocycles. The summed E-state index contributed by atoms with van der Waals surface area (Å²) in [4.78, 5) is 4.00. The number of benzene rings is 1.